The lowest BCUT2D eigenvalue weighted by molar-refractivity contribution is -0.137. The summed E-state index contributed by atoms with van der Waals surface area (Å²) in [6.07, 6.45) is -0.897. The fourth-order valence-electron chi connectivity index (χ4n) is 3.27. The minimum absolute atomic E-state index is 0.184. The molecule has 0 saturated carbocycles. The van der Waals surface area contributed by atoms with Crippen LogP contribution in [0.4, 0.5) is 13.2 Å². The maximum Gasteiger partial charge on any atom is 0.416 e. The number of likely N-dealkylation sites (tertiary alicyclic amines) is 1. The Bertz CT molecular complexity index is 770. The van der Waals surface area contributed by atoms with E-state index in [1.165, 1.54) is 23.0 Å². The van der Waals surface area contributed by atoms with E-state index in [9.17, 15) is 18.0 Å². The van der Waals surface area contributed by atoms with Crippen molar-refractivity contribution in [1.82, 2.24) is 20.0 Å². The molecule has 26 heavy (non-hydrogen) atoms. The van der Waals surface area contributed by atoms with Crippen LogP contribution in [0, 0.1) is 5.92 Å². The molecule has 1 aromatic carbocycles. The van der Waals surface area contributed by atoms with Crippen LogP contribution in [0.25, 0.3) is 5.69 Å². The first-order valence-electron chi connectivity index (χ1n) is 8.55. The first-order chi connectivity index (χ1) is 12.4. The van der Waals surface area contributed by atoms with Crippen LogP contribution in [-0.2, 0) is 6.18 Å². The fraction of sp³-hybridized carbons (Fsp3) is 0.444. The molecule has 0 bridgehead atoms. The van der Waals surface area contributed by atoms with Gasteiger partial charge >= 0.3 is 6.18 Å². The molecule has 1 atom stereocenters. The number of carbonyl (C=O) groups is 1. The Morgan fingerprint density at radius 1 is 1.35 bits per heavy atom. The van der Waals surface area contributed by atoms with E-state index in [1.807, 2.05) is 7.05 Å². The van der Waals surface area contributed by atoms with Crippen LogP contribution in [0.3, 0.4) is 0 Å². The van der Waals surface area contributed by atoms with Crippen LogP contribution in [0.1, 0.15) is 28.9 Å². The van der Waals surface area contributed by atoms with Crippen LogP contribution in [0.2, 0.25) is 0 Å². The van der Waals surface area contributed by atoms with Gasteiger partial charge in [-0.25, -0.2) is 4.68 Å². The van der Waals surface area contributed by atoms with Crippen molar-refractivity contribution in [3.05, 3.63) is 47.8 Å². The van der Waals surface area contributed by atoms with Crippen LogP contribution in [-0.4, -0.2) is 47.3 Å². The molecule has 1 aromatic heterocycles. The molecule has 1 amide bonds. The van der Waals surface area contributed by atoms with Crippen molar-refractivity contribution >= 4 is 5.91 Å². The third-order valence-corrected chi connectivity index (χ3v) is 4.55. The highest BCUT2D eigenvalue weighted by atomic mass is 19.4. The maximum atomic E-state index is 12.9. The van der Waals surface area contributed by atoms with Gasteiger partial charge in [0.1, 0.15) is 0 Å². The maximum absolute atomic E-state index is 12.9. The Hall–Kier alpha value is -2.35. The molecule has 1 aliphatic rings. The lowest BCUT2D eigenvalue weighted by atomic mass is 9.98. The van der Waals surface area contributed by atoms with Gasteiger partial charge in [0.2, 0.25) is 0 Å². The molecule has 1 saturated heterocycles. The summed E-state index contributed by atoms with van der Waals surface area (Å²) in [7, 11) is 1.89. The zero-order valence-corrected chi connectivity index (χ0v) is 14.5. The number of piperidine rings is 1. The molecule has 3 rings (SSSR count). The number of nitrogens with zero attached hydrogens (tertiary/aromatic N) is 3. The molecule has 0 spiro atoms. The van der Waals surface area contributed by atoms with Crippen molar-refractivity contribution in [2.24, 2.45) is 5.92 Å². The van der Waals surface area contributed by atoms with E-state index in [2.05, 4.69) is 10.4 Å². The summed E-state index contributed by atoms with van der Waals surface area (Å²) in [6, 6.07) is 6.43. The van der Waals surface area contributed by atoms with Gasteiger partial charge < -0.3 is 10.2 Å². The van der Waals surface area contributed by atoms with E-state index in [1.54, 1.807) is 11.0 Å². The predicted octanol–water partition coefficient (Wildman–Crippen LogP) is 2.96. The Balaban J connectivity index is 1.76. The van der Waals surface area contributed by atoms with Gasteiger partial charge in [0.15, 0.2) is 5.69 Å². The topological polar surface area (TPSA) is 50.2 Å². The summed E-state index contributed by atoms with van der Waals surface area (Å²) < 4.78 is 39.9. The monoisotopic (exact) mass is 366 g/mol. The number of amides is 1. The van der Waals surface area contributed by atoms with E-state index in [0.29, 0.717) is 19.0 Å². The molecule has 5 nitrogen and oxygen atoms in total. The summed E-state index contributed by atoms with van der Waals surface area (Å²) >= 11 is 0. The highest BCUT2D eigenvalue weighted by molar-refractivity contribution is 5.92. The summed E-state index contributed by atoms with van der Waals surface area (Å²) in [5.74, 6) is 0.222. The quantitative estimate of drug-likeness (QED) is 0.905. The molecule has 8 heteroatoms. The number of alkyl halides is 3. The zero-order chi connectivity index (χ0) is 18.7. The standard InChI is InChI=1S/C18H21F3N4O/c1-22-11-13-4-3-8-24(12-13)17(26)16-7-9-25(23-16)15-6-2-5-14(10-15)18(19,20)21/h2,5-7,9-10,13,22H,3-4,8,11-12H2,1H3. The van der Waals surface area contributed by atoms with Crippen LogP contribution in [0.15, 0.2) is 36.5 Å². The highest BCUT2D eigenvalue weighted by Crippen LogP contribution is 2.30. The Labute approximate surface area is 149 Å². The molecule has 1 fully saturated rings. The highest BCUT2D eigenvalue weighted by Gasteiger charge is 2.31. The summed E-state index contributed by atoms with van der Waals surface area (Å²) in [4.78, 5) is 14.4. The molecule has 140 valence electrons. The number of hydrogen-bond donors (Lipinski definition) is 1. The average Bonchev–Trinajstić information content (AvgIpc) is 3.11. The van der Waals surface area contributed by atoms with Crippen molar-refractivity contribution < 1.29 is 18.0 Å². The SMILES string of the molecule is CNCC1CCCN(C(=O)c2ccn(-c3cccc(C(F)(F)F)c3)n2)C1. The number of nitrogens with one attached hydrogen (secondary N) is 1. The normalized spacial score (nSPS) is 18.2. The van der Waals surface area contributed by atoms with Gasteiger partial charge in [0.05, 0.1) is 11.3 Å². The number of hydrogen-bond acceptors (Lipinski definition) is 3. The number of rotatable bonds is 4. The third kappa shape index (κ3) is 4.07. The minimum Gasteiger partial charge on any atom is -0.337 e. The molecular weight excluding hydrogens is 345 g/mol. The van der Waals surface area contributed by atoms with Gasteiger partial charge in [0.25, 0.3) is 5.91 Å². The van der Waals surface area contributed by atoms with Crippen molar-refractivity contribution in [1.29, 1.82) is 0 Å². The number of halogens is 3. The van der Waals surface area contributed by atoms with Gasteiger partial charge in [-0.15, -0.1) is 0 Å². The molecule has 1 unspecified atom stereocenters. The molecular formula is C18H21F3N4O. The van der Waals surface area contributed by atoms with Crippen LogP contribution < -0.4 is 5.32 Å². The molecule has 1 aliphatic heterocycles. The molecule has 2 heterocycles. The predicted molar refractivity (Wildman–Crippen MR) is 91.1 cm³/mol. The molecule has 0 aliphatic carbocycles. The average molecular weight is 366 g/mol. The lowest BCUT2D eigenvalue weighted by Gasteiger charge is -2.32. The van der Waals surface area contributed by atoms with E-state index in [0.717, 1.165) is 31.5 Å². The first kappa shape index (κ1) is 18.4. The van der Waals surface area contributed by atoms with E-state index in [-0.39, 0.29) is 17.3 Å². The number of aromatic nitrogens is 2. The van der Waals surface area contributed by atoms with Gasteiger partial charge in [-0.2, -0.15) is 18.3 Å². The van der Waals surface area contributed by atoms with Gasteiger partial charge in [0, 0.05) is 19.3 Å². The molecule has 0 radical (unpaired) electrons. The lowest BCUT2D eigenvalue weighted by Crippen LogP contribution is -2.42. The van der Waals surface area contributed by atoms with Gasteiger partial charge in [-0.05, 0) is 56.6 Å². The molecule has 2 aromatic rings. The Morgan fingerprint density at radius 2 is 2.15 bits per heavy atom. The van der Waals surface area contributed by atoms with Crippen molar-refractivity contribution in [2.75, 3.05) is 26.7 Å². The Morgan fingerprint density at radius 3 is 2.88 bits per heavy atom. The van der Waals surface area contributed by atoms with Crippen molar-refractivity contribution in [3.63, 3.8) is 0 Å². The van der Waals surface area contributed by atoms with E-state index < -0.39 is 11.7 Å². The zero-order valence-electron chi connectivity index (χ0n) is 14.5. The van der Waals surface area contributed by atoms with Gasteiger partial charge in [-0.1, -0.05) is 6.07 Å². The van der Waals surface area contributed by atoms with Gasteiger partial charge in [-0.3, -0.25) is 4.79 Å². The Kier molecular flexibility index (Phi) is 5.31. The third-order valence-electron chi connectivity index (χ3n) is 4.55. The second kappa shape index (κ2) is 7.49. The second-order valence-electron chi connectivity index (χ2n) is 6.51. The van der Waals surface area contributed by atoms with E-state index >= 15 is 0 Å². The summed E-state index contributed by atoms with van der Waals surface area (Å²) in [5.41, 5.74) is -0.234. The smallest absolute Gasteiger partial charge is 0.337 e. The van der Waals surface area contributed by atoms with Crippen LogP contribution >= 0.6 is 0 Å². The number of carbonyl (C=O) groups excluding carboxylic acids is 1. The first-order valence-corrected chi connectivity index (χ1v) is 8.55. The summed E-state index contributed by atoms with van der Waals surface area (Å²) in [6.45, 7) is 2.19. The fourth-order valence-corrected chi connectivity index (χ4v) is 3.27. The summed E-state index contributed by atoms with van der Waals surface area (Å²) in [5, 5.41) is 7.32. The van der Waals surface area contributed by atoms with Crippen molar-refractivity contribution in [3.8, 4) is 5.69 Å². The van der Waals surface area contributed by atoms with Crippen LogP contribution in [0.5, 0.6) is 0 Å². The van der Waals surface area contributed by atoms with E-state index in [4.69, 9.17) is 0 Å². The number of benzene rings is 1. The molecule has 1 N–H and O–H groups in total. The minimum atomic E-state index is -4.42. The second-order valence-corrected chi connectivity index (χ2v) is 6.51. The van der Waals surface area contributed by atoms with Crippen molar-refractivity contribution in [2.45, 2.75) is 19.0 Å². The largest absolute Gasteiger partial charge is 0.416 e.